The molecule has 1 heterocycles. The van der Waals surface area contributed by atoms with Crippen molar-refractivity contribution in [3.05, 3.63) is 48.7 Å². The lowest BCUT2D eigenvalue weighted by Gasteiger charge is -2.15. The highest BCUT2D eigenvalue weighted by atomic mass is 35.5. The fourth-order valence-electron chi connectivity index (χ4n) is 2.36. The molecule has 8 heteroatoms. The van der Waals surface area contributed by atoms with Crippen molar-refractivity contribution in [2.75, 3.05) is 17.7 Å². The summed E-state index contributed by atoms with van der Waals surface area (Å²) in [7, 11) is 1.52. The largest absolute Gasteiger partial charge is 0.383 e. The van der Waals surface area contributed by atoms with Crippen LogP contribution >= 0.6 is 11.6 Å². The zero-order chi connectivity index (χ0) is 15.3. The van der Waals surface area contributed by atoms with Gasteiger partial charge in [-0.1, -0.05) is 11.6 Å². The second-order valence-electron chi connectivity index (χ2n) is 4.59. The number of hydroxylamine groups is 2. The van der Waals surface area contributed by atoms with Gasteiger partial charge in [-0.3, -0.25) is 19.6 Å². The van der Waals surface area contributed by atoms with Crippen LogP contribution in [0.5, 0.6) is 0 Å². The molecule has 0 radical (unpaired) electrons. The van der Waals surface area contributed by atoms with Gasteiger partial charge in [0.1, 0.15) is 11.4 Å². The molecule has 21 heavy (non-hydrogen) atoms. The van der Waals surface area contributed by atoms with Crippen molar-refractivity contribution in [3.63, 3.8) is 0 Å². The van der Waals surface area contributed by atoms with Crippen LogP contribution in [-0.2, 0) is 6.54 Å². The monoisotopic (exact) mass is 307 g/mol. The normalized spacial score (nSPS) is 13.7. The lowest BCUT2D eigenvalue weighted by Crippen LogP contribution is -2.36. The lowest BCUT2D eigenvalue weighted by atomic mass is 10.1. The molecule has 3 N–H and O–H groups in total. The van der Waals surface area contributed by atoms with E-state index < -0.39 is 16.8 Å². The minimum atomic E-state index is -0.658. The zero-order valence-electron chi connectivity index (χ0n) is 10.9. The van der Waals surface area contributed by atoms with E-state index in [1.807, 2.05) is 0 Å². The van der Waals surface area contributed by atoms with Crippen LogP contribution in [0.15, 0.2) is 21.7 Å². The Morgan fingerprint density at radius 3 is 2.52 bits per heavy atom. The number of carbonyl (C=O) groups excluding carboxylic acids is 1. The molecule has 0 aliphatic carbocycles. The van der Waals surface area contributed by atoms with Gasteiger partial charge in [0.15, 0.2) is 0 Å². The number of benzene rings is 1. The molecule has 0 unspecified atom stereocenters. The summed E-state index contributed by atoms with van der Waals surface area (Å²) in [6, 6.07) is 3.08. The van der Waals surface area contributed by atoms with Crippen molar-refractivity contribution < 1.29 is 10.0 Å². The third-order valence-corrected chi connectivity index (χ3v) is 3.79. The molecule has 3 rings (SSSR count). The molecule has 0 bridgehead atoms. The molecule has 0 saturated carbocycles. The minimum Gasteiger partial charge on any atom is -0.383 e. The van der Waals surface area contributed by atoms with E-state index in [2.05, 4.69) is 10.6 Å². The Morgan fingerprint density at radius 2 is 1.86 bits per heavy atom. The third kappa shape index (κ3) is 1.82. The number of nitrogens with zero attached hydrogens (tertiary/aromatic N) is 1. The molecule has 0 spiro atoms. The standard InChI is InChI=1S/C13H10ClN3O4/c1-15-9-10(12(19)11(9)18)16-7-3-2-6(14)5-4-17(21)13(20)8(5)7/h2-3,15-16,21H,4H2,1H3. The van der Waals surface area contributed by atoms with E-state index >= 15 is 0 Å². The van der Waals surface area contributed by atoms with Crippen molar-refractivity contribution in [1.82, 2.24) is 5.06 Å². The van der Waals surface area contributed by atoms with Crippen LogP contribution in [0.2, 0.25) is 5.02 Å². The number of amides is 1. The SMILES string of the molecule is CNc1c(Nc2ccc(Cl)c3c2C(=O)N(O)C3)c(=O)c1=O. The molecule has 0 fully saturated rings. The van der Waals surface area contributed by atoms with E-state index in [4.69, 9.17) is 11.6 Å². The zero-order valence-corrected chi connectivity index (χ0v) is 11.6. The fourth-order valence-corrected chi connectivity index (χ4v) is 2.58. The Balaban J connectivity index is 2.08. The van der Waals surface area contributed by atoms with Crippen molar-refractivity contribution in [2.45, 2.75) is 6.54 Å². The number of nitrogens with one attached hydrogen (secondary N) is 2. The van der Waals surface area contributed by atoms with Crippen LogP contribution in [0.4, 0.5) is 17.1 Å². The van der Waals surface area contributed by atoms with Gasteiger partial charge in [0, 0.05) is 17.6 Å². The van der Waals surface area contributed by atoms with Gasteiger partial charge in [0.2, 0.25) is 0 Å². The smallest absolute Gasteiger partial charge is 0.280 e. The Bertz CT molecular complexity index is 839. The van der Waals surface area contributed by atoms with E-state index in [-0.39, 0.29) is 23.5 Å². The summed E-state index contributed by atoms with van der Waals surface area (Å²) < 4.78 is 0. The lowest BCUT2D eigenvalue weighted by molar-refractivity contribution is -0.0578. The first-order valence-corrected chi connectivity index (χ1v) is 6.43. The second-order valence-corrected chi connectivity index (χ2v) is 5.00. The van der Waals surface area contributed by atoms with Gasteiger partial charge in [-0.15, -0.1) is 0 Å². The summed E-state index contributed by atoms with van der Waals surface area (Å²) in [6.45, 7) is -0.0205. The summed E-state index contributed by atoms with van der Waals surface area (Å²) in [5, 5.41) is 15.8. The number of hydrogen-bond acceptors (Lipinski definition) is 6. The molecule has 108 valence electrons. The second kappa shape index (κ2) is 4.57. The number of carbonyl (C=O) groups is 1. The van der Waals surface area contributed by atoms with Crippen LogP contribution in [-0.4, -0.2) is 23.2 Å². The molecule has 1 aliphatic heterocycles. The first-order chi connectivity index (χ1) is 9.95. The fraction of sp³-hybridized carbons (Fsp3) is 0.154. The number of hydrogen-bond donors (Lipinski definition) is 3. The molecular weight excluding hydrogens is 298 g/mol. The quantitative estimate of drug-likeness (QED) is 0.579. The maximum atomic E-state index is 11.9. The molecule has 7 nitrogen and oxygen atoms in total. The van der Waals surface area contributed by atoms with Crippen LogP contribution in [0.3, 0.4) is 0 Å². The first-order valence-electron chi connectivity index (χ1n) is 6.06. The molecule has 0 atom stereocenters. The van der Waals surface area contributed by atoms with Crippen LogP contribution in [0, 0.1) is 0 Å². The highest BCUT2D eigenvalue weighted by Gasteiger charge is 2.32. The van der Waals surface area contributed by atoms with Gasteiger partial charge < -0.3 is 10.6 Å². The van der Waals surface area contributed by atoms with E-state index in [0.29, 0.717) is 21.3 Å². The molecular formula is C13H10ClN3O4. The van der Waals surface area contributed by atoms with E-state index in [1.54, 1.807) is 6.07 Å². The number of anilines is 3. The molecule has 2 aromatic carbocycles. The Morgan fingerprint density at radius 1 is 1.19 bits per heavy atom. The predicted molar refractivity (Wildman–Crippen MR) is 77.3 cm³/mol. The Kier molecular flexibility index (Phi) is 2.96. The molecule has 1 aliphatic rings. The Hall–Kier alpha value is -2.38. The average molecular weight is 308 g/mol. The summed E-state index contributed by atoms with van der Waals surface area (Å²) in [6.07, 6.45) is 0. The highest BCUT2D eigenvalue weighted by Crippen LogP contribution is 2.35. The van der Waals surface area contributed by atoms with Crippen LogP contribution in [0.1, 0.15) is 15.9 Å². The topological polar surface area (TPSA) is 98.7 Å². The molecule has 0 aromatic heterocycles. The maximum Gasteiger partial charge on any atom is 0.280 e. The van der Waals surface area contributed by atoms with E-state index in [1.165, 1.54) is 13.1 Å². The van der Waals surface area contributed by atoms with Crippen molar-refractivity contribution >= 4 is 34.6 Å². The molecule has 1 amide bonds. The third-order valence-electron chi connectivity index (χ3n) is 3.43. The predicted octanol–water partition coefficient (Wildman–Crippen LogP) is 1.07. The first kappa shape index (κ1) is 13.6. The highest BCUT2D eigenvalue weighted by molar-refractivity contribution is 6.32. The summed E-state index contributed by atoms with van der Waals surface area (Å²) in [5.41, 5.74) is -0.0280. The van der Waals surface area contributed by atoms with Crippen molar-refractivity contribution in [1.29, 1.82) is 0 Å². The van der Waals surface area contributed by atoms with Crippen LogP contribution in [0.25, 0.3) is 0 Å². The minimum absolute atomic E-state index is 0.0205. The molecule has 2 aromatic rings. The number of rotatable bonds is 3. The van der Waals surface area contributed by atoms with Gasteiger partial charge >= 0.3 is 0 Å². The van der Waals surface area contributed by atoms with Gasteiger partial charge in [-0.2, -0.15) is 0 Å². The van der Waals surface area contributed by atoms with Gasteiger partial charge in [0.25, 0.3) is 16.8 Å². The van der Waals surface area contributed by atoms with Gasteiger partial charge in [-0.05, 0) is 12.1 Å². The maximum absolute atomic E-state index is 11.9. The van der Waals surface area contributed by atoms with Crippen molar-refractivity contribution in [3.8, 4) is 0 Å². The summed E-state index contributed by atoms with van der Waals surface area (Å²) in [5.74, 6) is -0.611. The number of halogens is 1. The molecule has 0 saturated heterocycles. The van der Waals surface area contributed by atoms with Gasteiger partial charge in [-0.25, -0.2) is 5.06 Å². The van der Waals surface area contributed by atoms with Gasteiger partial charge in [0.05, 0.1) is 17.8 Å². The number of fused-ring (bicyclic) bond motifs is 1. The van der Waals surface area contributed by atoms with Crippen molar-refractivity contribution in [2.24, 2.45) is 0 Å². The Labute approximate surface area is 123 Å². The summed E-state index contributed by atoms with van der Waals surface area (Å²) in [4.78, 5) is 34.9. The van der Waals surface area contributed by atoms with E-state index in [0.717, 1.165) is 0 Å². The van der Waals surface area contributed by atoms with Crippen LogP contribution < -0.4 is 21.5 Å². The van der Waals surface area contributed by atoms with E-state index in [9.17, 15) is 19.6 Å². The summed E-state index contributed by atoms with van der Waals surface area (Å²) >= 11 is 6.00. The average Bonchev–Trinajstić information content (AvgIpc) is 2.78.